The van der Waals surface area contributed by atoms with Crippen LogP contribution in [0.5, 0.6) is 5.75 Å². The zero-order valence-electron chi connectivity index (χ0n) is 22.7. The predicted molar refractivity (Wildman–Crippen MR) is 158 cm³/mol. The number of piperazine rings is 1. The van der Waals surface area contributed by atoms with Crippen LogP contribution >= 0.6 is 0 Å². The Balaban J connectivity index is 1.27. The molecule has 1 aromatic heterocycles. The average molecular weight is 530 g/mol. The van der Waals surface area contributed by atoms with Crippen molar-refractivity contribution in [2.45, 2.75) is 6.92 Å². The molecule has 0 unspecified atom stereocenters. The van der Waals surface area contributed by atoms with Crippen molar-refractivity contribution in [3.05, 3.63) is 120 Å². The van der Waals surface area contributed by atoms with Gasteiger partial charge in [0.2, 0.25) is 0 Å². The topological polar surface area (TPSA) is 54.8 Å². The van der Waals surface area contributed by atoms with E-state index in [1.807, 2.05) is 120 Å². The van der Waals surface area contributed by atoms with Crippen molar-refractivity contribution in [3.8, 4) is 22.7 Å². The number of amides is 2. The quantitative estimate of drug-likeness (QED) is 0.272. The summed E-state index contributed by atoms with van der Waals surface area (Å²) >= 11 is 0. The Kier molecular flexibility index (Phi) is 6.83. The molecule has 0 N–H and O–H groups in total. The summed E-state index contributed by atoms with van der Waals surface area (Å²) in [6.07, 6.45) is 0. The van der Waals surface area contributed by atoms with Crippen LogP contribution < -0.4 is 4.74 Å². The van der Waals surface area contributed by atoms with Crippen LogP contribution in [0.25, 0.3) is 27.7 Å². The first-order valence-corrected chi connectivity index (χ1v) is 13.5. The molecule has 6 heteroatoms. The summed E-state index contributed by atoms with van der Waals surface area (Å²) in [6, 6.07) is 33.7. The van der Waals surface area contributed by atoms with E-state index in [9.17, 15) is 9.59 Å². The van der Waals surface area contributed by atoms with Crippen molar-refractivity contribution >= 4 is 22.6 Å². The van der Waals surface area contributed by atoms with Gasteiger partial charge in [-0.3, -0.25) is 9.59 Å². The smallest absolute Gasteiger partial charge is 0.255 e. The second-order valence-corrected chi connectivity index (χ2v) is 10.0. The molecule has 2 amide bonds. The summed E-state index contributed by atoms with van der Waals surface area (Å²) in [5, 5.41) is 2.00. The van der Waals surface area contributed by atoms with Gasteiger partial charge in [-0.2, -0.15) is 0 Å². The van der Waals surface area contributed by atoms with E-state index < -0.39 is 0 Å². The second-order valence-electron chi connectivity index (χ2n) is 10.0. The van der Waals surface area contributed by atoms with Crippen LogP contribution in [0.3, 0.4) is 0 Å². The monoisotopic (exact) mass is 529 g/mol. The normalized spacial score (nSPS) is 13.4. The molecule has 1 aliphatic heterocycles. The molecule has 0 bridgehead atoms. The number of carbonyl (C=O) groups is 2. The summed E-state index contributed by atoms with van der Waals surface area (Å²) in [5.74, 6) is 0.750. The molecule has 4 aromatic carbocycles. The van der Waals surface area contributed by atoms with Crippen LogP contribution in [0.4, 0.5) is 0 Å². The minimum atomic E-state index is -0.0198. The number of fused-ring (bicyclic) bond motifs is 1. The maximum Gasteiger partial charge on any atom is 0.255 e. The lowest BCUT2D eigenvalue weighted by atomic mass is 10.0. The van der Waals surface area contributed by atoms with E-state index in [1.54, 1.807) is 7.11 Å². The molecule has 200 valence electrons. The zero-order valence-corrected chi connectivity index (χ0v) is 22.7. The van der Waals surface area contributed by atoms with Gasteiger partial charge < -0.3 is 19.1 Å². The Bertz CT molecular complexity index is 1690. The summed E-state index contributed by atoms with van der Waals surface area (Å²) in [4.78, 5) is 31.0. The summed E-state index contributed by atoms with van der Waals surface area (Å²) in [5.41, 5.74) is 5.13. The molecule has 5 aromatic rings. The van der Waals surface area contributed by atoms with Crippen LogP contribution in [-0.4, -0.2) is 59.5 Å². The van der Waals surface area contributed by atoms with Crippen molar-refractivity contribution < 1.29 is 14.3 Å². The van der Waals surface area contributed by atoms with E-state index in [0.717, 1.165) is 39.2 Å². The van der Waals surface area contributed by atoms with Gasteiger partial charge >= 0.3 is 0 Å². The number of para-hydroxylation sites is 1. The molecule has 0 saturated carbocycles. The number of carbonyl (C=O) groups excluding carboxylic acids is 2. The SMILES string of the molecule is COc1cccc(-c2cc(C(=O)N3CCN(C(=O)c4cccc5ccccc45)CC3)c(C)n2-c2ccccc2)c1. The van der Waals surface area contributed by atoms with Gasteiger partial charge in [0.15, 0.2) is 0 Å². The molecular weight excluding hydrogens is 498 g/mol. The van der Waals surface area contributed by atoms with Crippen LogP contribution in [0.1, 0.15) is 26.4 Å². The lowest BCUT2D eigenvalue weighted by Gasteiger charge is -2.35. The maximum atomic E-state index is 13.9. The van der Waals surface area contributed by atoms with Gasteiger partial charge in [0.1, 0.15) is 5.75 Å². The van der Waals surface area contributed by atoms with Crippen LogP contribution in [0.2, 0.25) is 0 Å². The predicted octanol–water partition coefficient (Wildman–Crippen LogP) is 6.21. The minimum absolute atomic E-state index is 0.00983. The first-order chi connectivity index (χ1) is 19.5. The molecule has 1 aliphatic rings. The van der Waals surface area contributed by atoms with Crippen molar-refractivity contribution in [2.24, 2.45) is 0 Å². The van der Waals surface area contributed by atoms with Crippen molar-refractivity contribution in [1.29, 1.82) is 0 Å². The summed E-state index contributed by atoms with van der Waals surface area (Å²) in [7, 11) is 1.65. The standard InChI is InChI=1S/C34H31N3O3/c1-24-31(23-32(26-12-8-15-28(22-26)40-2)37(24)27-13-4-3-5-14-27)34(39)36-20-18-35(19-21-36)33(38)30-17-9-11-25-10-6-7-16-29(25)30/h3-17,22-23H,18-21H2,1-2H3. The summed E-state index contributed by atoms with van der Waals surface area (Å²) in [6.45, 7) is 3.95. The van der Waals surface area contributed by atoms with E-state index in [2.05, 4.69) is 4.57 Å². The van der Waals surface area contributed by atoms with Crippen LogP contribution in [-0.2, 0) is 0 Å². The Morgan fingerprint density at radius 1 is 0.675 bits per heavy atom. The number of nitrogens with zero attached hydrogens (tertiary/aromatic N) is 3. The first kappa shape index (κ1) is 25.4. The molecule has 6 nitrogen and oxygen atoms in total. The third kappa shape index (κ3) is 4.62. The molecule has 0 spiro atoms. The van der Waals surface area contributed by atoms with Crippen LogP contribution in [0.15, 0.2) is 103 Å². The van der Waals surface area contributed by atoms with Crippen molar-refractivity contribution in [3.63, 3.8) is 0 Å². The molecule has 1 fully saturated rings. The third-order valence-electron chi connectivity index (χ3n) is 7.73. The molecule has 0 aliphatic carbocycles. The highest BCUT2D eigenvalue weighted by molar-refractivity contribution is 6.07. The van der Waals surface area contributed by atoms with Crippen LogP contribution in [0, 0.1) is 6.92 Å². The number of ether oxygens (including phenoxy) is 1. The molecular formula is C34H31N3O3. The molecule has 40 heavy (non-hydrogen) atoms. The first-order valence-electron chi connectivity index (χ1n) is 13.5. The lowest BCUT2D eigenvalue weighted by Crippen LogP contribution is -2.50. The van der Waals surface area contributed by atoms with Gasteiger partial charge in [-0.25, -0.2) is 0 Å². The Morgan fingerprint density at radius 2 is 1.30 bits per heavy atom. The van der Waals surface area contributed by atoms with Gasteiger partial charge in [-0.05, 0) is 54.1 Å². The average Bonchev–Trinajstić information content (AvgIpc) is 3.37. The number of hydrogen-bond acceptors (Lipinski definition) is 3. The number of methoxy groups -OCH3 is 1. The highest BCUT2D eigenvalue weighted by atomic mass is 16.5. The molecule has 2 heterocycles. The van der Waals surface area contributed by atoms with Crippen molar-refractivity contribution in [1.82, 2.24) is 14.4 Å². The summed E-state index contributed by atoms with van der Waals surface area (Å²) < 4.78 is 7.60. The Labute approximate surface area is 234 Å². The molecule has 6 rings (SSSR count). The third-order valence-corrected chi connectivity index (χ3v) is 7.73. The highest BCUT2D eigenvalue weighted by Gasteiger charge is 2.29. The van der Waals surface area contributed by atoms with Crippen molar-refractivity contribution in [2.75, 3.05) is 33.3 Å². The van der Waals surface area contributed by atoms with Gasteiger partial charge in [-0.1, -0.05) is 66.7 Å². The second kappa shape index (κ2) is 10.7. The van der Waals surface area contributed by atoms with Gasteiger partial charge in [0.05, 0.1) is 18.4 Å². The fourth-order valence-electron chi connectivity index (χ4n) is 5.59. The number of rotatable bonds is 5. The number of aromatic nitrogens is 1. The number of benzene rings is 4. The Morgan fingerprint density at radius 3 is 2.02 bits per heavy atom. The lowest BCUT2D eigenvalue weighted by molar-refractivity contribution is 0.0536. The zero-order chi connectivity index (χ0) is 27.6. The number of hydrogen-bond donors (Lipinski definition) is 0. The fraction of sp³-hybridized carbons (Fsp3) is 0.176. The molecule has 0 radical (unpaired) electrons. The van der Waals surface area contributed by atoms with E-state index >= 15 is 0 Å². The van der Waals surface area contributed by atoms with E-state index in [1.165, 1.54) is 0 Å². The maximum absolute atomic E-state index is 13.9. The molecule has 1 saturated heterocycles. The van der Waals surface area contributed by atoms with Gasteiger partial charge in [0.25, 0.3) is 11.8 Å². The van der Waals surface area contributed by atoms with E-state index in [-0.39, 0.29) is 11.8 Å². The highest BCUT2D eigenvalue weighted by Crippen LogP contribution is 2.32. The minimum Gasteiger partial charge on any atom is -0.497 e. The fourth-order valence-corrected chi connectivity index (χ4v) is 5.59. The van der Waals surface area contributed by atoms with Gasteiger partial charge in [0, 0.05) is 48.7 Å². The largest absolute Gasteiger partial charge is 0.497 e. The van der Waals surface area contributed by atoms with E-state index in [0.29, 0.717) is 37.3 Å². The molecule has 0 atom stereocenters. The van der Waals surface area contributed by atoms with E-state index in [4.69, 9.17) is 4.74 Å². The van der Waals surface area contributed by atoms with Gasteiger partial charge in [-0.15, -0.1) is 0 Å². The Hall–Kier alpha value is -4.84.